The largest absolute Gasteiger partial charge is 0.341 e. The van der Waals surface area contributed by atoms with Gasteiger partial charge in [-0.05, 0) is 30.2 Å². The summed E-state index contributed by atoms with van der Waals surface area (Å²) in [4.78, 5) is 14.5. The number of nitrogens with two attached hydrogens (primary N) is 1. The van der Waals surface area contributed by atoms with Gasteiger partial charge in [0, 0.05) is 19.6 Å². The Morgan fingerprint density at radius 3 is 2.61 bits per heavy atom. The topological polar surface area (TPSA) is 46.3 Å². The van der Waals surface area contributed by atoms with Crippen LogP contribution in [-0.4, -0.2) is 30.4 Å². The molecule has 0 aliphatic carbocycles. The fourth-order valence-electron chi connectivity index (χ4n) is 1.53. The number of hydrogen-bond acceptors (Lipinski definition) is 3. The highest BCUT2D eigenvalue weighted by Gasteiger charge is 2.19. The monoisotopic (exact) mass is 288 g/mol. The Kier molecular flexibility index (Phi) is 5.63. The van der Waals surface area contributed by atoms with E-state index in [1.807, 2.05) is 12.3 Å². The summed E-state index contributed by atoms with van der Waals surface area (Å²) in [5, 5.41) is 2.48. The predicted octanol–water partition coefficient (Wildman–Crippen LogP) is 3.16. The summed E-state index contributed by atoms with van der Waals surface area (Å²) in [6.07, 6.45) is 0.807. The normalized spacial score (nSPS) is 12.8. The van der Waals surface area contributed by atoms with Crippen molar-refractivity contribution in [3.63, 3.8) is 0 Å². The lowest BCUT2D eigenvalue weighted by Crippen LogP contribution is -2.34. The molecule has 1 atom stereocenters. The molecule has 0 aliphatic heterocycles. The molecule has 3 nitrogen and oxygen atoms in total. The van der Waals surface area contributed by atoms with Gasteiger partial charge in [-0.1, -0.05) is 25.4 Å². The van der Waals surface area contributed by atoms with Crippen LogP contribution in [0.4, 0.5) is 0 Å². The van der Waals surface area contributed by atoms with Gasteiger partial charge in [0.1, 0.15) is 4.88 Å². The SMILES string of the molecule is Cc1csc(C(=O)N(C)CCC(N)C(C)C)c1Cl. The number of rotatable bonds is 5. The number of carbonyl (C=O) groups excluding carboxylic acids is 1. The van der Waals surface area contributed by atoms with Gasteiger partial charge in [-0.25, -0.2) is 0 Å². The van der Waals surface area contributed by atoms with Crippen molar-refractivity contribution in [2.75, 3.05) is 13.6 Å². The van der Waals surface area contributed by atoms with Crippen molar-refractivity contribution in [2.24, 2.45) is 11.7 Å². The first-order valence-corrected chi connectivity index (χ1v) is 7.35. The quantitative estimate of drug-likeness (QED) is 0.905. The lowest BCUT2D eigenvalue weighted by molar-refractivity contribution is 0.0794. The van der Waals surface area contributed by atoms with Gasteiger partial charge in [0.2, 0.25) is 0 Å². The summed E-state index contributed by atoms with van der Waals surface area (Å²) in [7, 11) is 1.79. The van der Waals surface area contributed by atoms with E-state index in [4.69, 9.17) is 17.3 Å². The van der Waals surface area contributed by atoms with Crippen LogP contribution >= 0.6 is 22.9 Å². The van der Waals surface area contributed by atoms with E-state index in [1.54, 1.807) is 11.9 Å². The van der Waals surface area contributed by atoms with Gasteiger partial charge in [-0.2, -0.15) is 0 Å². The molecule has 0 bridgehead atoms. The van der Waals surface area contributed by atoms with E-state index in [2.05, 4.69) is 13.8 Å². The van der Waals surface area contributed by atoms with Gasteiger partial charge in [-0.15, -0.1) is 11.3 Å². The average molecular weight is 289 g/mol. The van der Waals surface area contributed by atoms with Gasteiger partial charge in [-0.3, -0.25) is 4.79 Å². The zero-order valence-electron chi connectivity index (χ0n) is 11.4. The number of hydrogen-bond donors (Lipinski definition) is 1. The van der Waals surface area contributed by atoms with Crippen molar-refractivity contribution < 1.29 is 4.79 Å². The first-order valence-electron chi connectivity index (χ1n) is 6.09. The molecule has 1 unspecified atom stereocenters. The summed E-state index contributed by atoms with van der Waals surface area (Å²) in [5.41, 5.74) is 6.93. The number of thiophene rings is 1. The van der Waals surface area contributed by atoms with Crippen molar-refractivity contribution in [3.8, 4) is 0 Å². The molecule has 1 heterocycles. The molecule has 1 amide bonds. The molecule has 0 fully saturated rings. The number of carbonyl (C=O) groups is 1. The van der Waals surface area contributed by atoms with Gasteiger partial charge in [0.05, 0.1) is 5.02 Å². The molecule has 0 saturated carbocycles. The van der Waals surface area contributed by atoms with Crippen LogP contribution in [0.1, 0.15) is 35.5 Å². The minimum Gasteiger partial charge on any atom is -0.341 e. The van der Waals surface area contributed by atoms with Crippen molar-refractivity contribution >= 4 is 28.8 Å². The number of nitrogens with zero attached hydrogens (tertiary/aromatic N) is 1. The fourth-order valence-corrected chi connectivity index (χ4v) is 2.79. The second-order valence-corrected chi connectivity index (χ2v) is 6.24. The molecule has 5 heteroatoms. The molecule has 18 heavy (non-hydrogen) atoms. The van der Waals surface area contributed by atoms with E-state index in [9.17, 15) is 4.79 Å². The van der Waals surface area contributed by atoms with Crippen LogP contribution in [-0.2, 0) is 0 Å². The number of aryl methyl sites for hydroxylation is 1. The van der Waals surface area contributed by atoms with E-state index in [0.717, 1.165) is 12.0 Å². The van der Waals surface area contributed by atoms with Crippen molar-refractivity contribution in [2.45, 2.75) is 33.2 Å². The molecule has 1 aromatic heterocycles. The Balaban J connectivity index is 2.60. The first kappa shape index (κ1) is 15.5. The highest BCUT2D eigenvalue weighted by atomic mass is 35.5. The maximum atomic E-state index is 12.2. The highest BCUT2D eigenvalue weighted by molar-refractivity contribution is 7.13. The maximum Gasteiger partial charge on any atom is 0.265 e. The smallest absolute Gasteiger partial charge is 0.265 e. The third kappa shape index (κ3) is 3.70. The summed E-state index contributed by atoms with van der Waals surface area (Å²) in [6, 6.07) is 0.126. The van der Waals surface area contributed by atoms with Crippen molar-refractivity contribution in [1.82, 2.24) is 4.90 Å². The Labute approximate surface area is 118 Å². The van der Waals surface area contributed by atoms with E-state index in [-0.39, 0.29) is 11.9 Å². The molecule has 0 aliphatic rings. The highest BCUT2D eigenvalue weighted by Crippen LogP contribution is 2.28. The van der Waals surface area contributed by atoms with E-state index in [1.165, 1.54) is 11.3 Å². The van der Waals surface area contributed by atoms with Crippen LogP contribution in [0.15, 0.2) is 5.38 Å². The van der Waals surface area contributed by atoms with Crippen molar-refractivity contribution in [1.29, 1.82) is 0 Å². The maximum absolute atomic E-state index is 12.2. The summed E-state index contributed by atoms with van der Waals surface area (Å²) < 4.78 is 0. The average Bonchev–Trinajstić information content (AvgIpc) is 2.65. The third-order valence-electron chi connectivity index (χ3n) is 3.09. The van der Waals surface area contributed by atoms with E-state index in [0.29, 0.717) is 22.4 Å². The number of halogens is 1. The molecule has 0 saturated heterocycles. The van der Waals surface area contributed by atoms with E-state index >= 15 is 0 Å². The zero-order chi connectivity index (χ0) is 13.9. The van der Waals surface area contributed by atoms with Crippen LogP contribution < -0.4 is 5.73 Å². The van der Waals surface area contributed by atoms with E-state index < -0.39 is 0 Å². The van der Waals surface area contributed by atoms with Gasteiger partial charge >= 0.3 is 0 Å². The molecular formula is C13H21ClN2OS. The minimum absolute atomic E-state index is 0.0194. The Morgan fingerprint density at radius 2 is 2.17 bits per heavy atom. The molecule has 0 aromatic carbocycles. The molecule has 0 radical (unpaired) electrons. The molecular weight excluding hydrogens is 268 g/mol. The summed E-state index contributed by atoms with van der Waals surface area (Å²) in [6.45, 7) is 6.74. The Hall–Kier alpha value is -0.580. The second kappa shape index (κ2) is 6.55. The Bertz CT molecular complexity index is 417. The van der Waals surface area contributed by atoms with Gasteiger partial charge in [0.25, 0.3) is 5.91 Å². The molecule has 0 spiro atoms. The van der Waals surface area contributed by atoms with Crippen LogP contribution in [0, 0.1) is 12.8 Å². The molecule has 1 rings (SSSR count). The van der Waals surface area contributed by atoms with Gasteiger partial charge < -0.3 is 10.6 Å². The summed E-state index contributed by atoms with van der Waals surface area (Å²) in [5.74, 6) is 0.412. The predicted molar refractivity (Wildman–Crippen MR) is 78.5 cm³/mol. The van der Waals surface area contributed by atoms with Crippen LogP contribution in [0.2, 0.25) is 5.02 Å². The minimum atomic E-state index is -0.0194. The fraction of sp³-hybridized carbons (Fsp3) is 0.615. The first-order chi connectivity index (χ1) is 8.34. The van der Waals surface area contributed by atoms with Crippen molar-refractivity contribution in [3.05, 3.63) is 20.8 Å². The van der Waals surface area contributed by atoms with Gasteiger partial charge in [0.15, 0.2) is 0 Å². The summed E-state index contributed by atoms with van der Waals surface area (Å²) >= 11 is 7.50. The Morgan fingerprint density at radius 1 is 1.56 bits per heavy atom. The molecule has 2 N–H and O–H groups in total. The lowest BCUT2D eigenvalue weighted by Gasteiger charge is -2.21. The standard InChI is InChI=1S/C13H21ClN2OS/c1-8(2)10(15)5-6-16(4)13(17)12-11(14)9(3)7-18-12/h7-8,10H,5-6,15H2,1-4H3. The molecule has 1 aromatic rings. The lowest BCUT2D eigenvalue weighted by atomic mass is 10.0. The van der Waals surface area contributed by atoms with Crippen LogP contribution in [0.3, 0.4) is 0 Å². The second-order valence-electron chi connectivity index (χ2n) is 4.99. The van der Waals surface area contributed by atoms with Crippen LogP contribution in [0.25, 0.3) is 0 Å². The van der Waals surface area contributed by atoms with Crippen LogP contribution in [0.5, 0.6) is 0 Å². The zero-order valence-corrected chi connectivity index (χ0v) is 12.9. The number of amides is 1. The third-order valence-corrected chi connectivity index (χ3v) is 4.78. The molecule has 102 valence electrons.